The van der Waals surface area contributed by atoms with Crippen LogP contribution in [0, 0.1) is 6.92 Å². The van der Waals surface area contributed by atoms with Crippen LogP contribution in [0.1, 0.15) is 24.3 Å². The number of aryl methyl sites for hydroxylation is 2. The van der Waals surface area contributed by atoms with Gasteiger partial charge in [0.2, 0.25) is 17.6 Å². The molecule has 3 aromatic rings. The van der Waals surface area contributed by atoms with Crippen molar-refractivity contribution in [2.75, 3.05) is 12.4 Å². The Bertz CT molecular complexity index is 889. The smallest absolute Gasteiger partial charge is 0.226 e. The van der Waals surface area contributed by atoms with Crippen molar-refractivity contribution in [1.29, 1.82) is 0 Å². The van der Waals surface area contributed by atoms with Crippen molar-refractivity contribution >= 4 is 11.6 Å². The molecular weight excluding hydrogens is 330 g/mol. The molecule has 0 unspecified atom stereocenters. The summed E-state index contributed by atoms with van der Waals surface area (Å²) in [6, 6.07) is 15.2. The quantitative estimate of drug-likeness (QED) is 0.696. The molecule has 0 spiro atoms. The summed E-state index contributed by atoms with van der Waals surface area (Å²) in [7, 11) is 1.61. The zero-order chi connectivity index (χ0) is 18.4. The van der Waals surface area contributed by atoms with Gasteiger partial charge >= 0.3 is 0 Å². The van der Waals surface area contributed by atoms with Crippen LogP contribution in [0.4, 0.5) is 5.69 Å². The van der Waals surface area contributed by atoms with E-state index in [-0.39, 0.29) is 5.91 Å². The van der Waals surface area contributed by atoms with E-state index in [4.69, 9.17) is 9.26 Å². The molecule has 0 saturated heterocycles. The van der Waals surface area contributed by atoms with Gasteiger partial charge in [-0.2, -0.15) is 4.98 Å². The van der Waals surface area contributed by atoms with E-state index in [2.05, 4.69) is 15.5 Å². The zero-order valence-electron chi connectivity index (χ0n) is 14.9. The molecular formula is C20H21N3O3. The van der Waals surface area contributed by atoms with Crippen LogP contribution in [0.5, 0.6) is 5.75 Å². The maximum atomic E-state index is 12.0. The summed E-state index contributed by atoms with van der Waals surface area (Å²) in [5, 5.41) is 6.89. The fraction of sp³-hybridized carbons (Fsp3) is 0.250. The lowest BCUT2D eigenvalue weighted by atomic mass is 10.2. The number of nitrogens with zero attached hydrogens (tertiary/aromatic N) is 2. The molecule has 1 heterocycles. The van der Waals surface area contributed by atoms with Crippen LogP contribution in [-0.4, -0.2) is 23.2 Å². The van der Waals surface area contributed by atoms with E-state index in [1.807, 2.05) is 55.5 Å². The second kappa shape index (κ2) is 8.29. The van der Waals surface area contributed by atoms with Crippen LogP contribution in [0.15, 0.2) is 53.1 Å². The Kier molecular flexibility index (Phi) is 5.63. The highest BCUT2D eigenvalue weighted by molar-refractivity contribution is 5.90. The largest absolute Gasteiger partial charge is 0.497 e. The Morgan fingerprint density at radius 1 is 1.19 bits per heavy atom. The van der Waals surface area contributed by atoms with Crippen molar-refractivity contribution in [3.63, 3.8) is 0 Å². The molecule has 0 aliphatic carbocycles. The number of hydrogen-bond donors (Lipinski definition) is 1. The van der Waals surface area contributed by atoms with Crippen molar-refractivity contribution < 1.29 is 14.1 Å². The first-order valence-electron chi connectivity index (χ1n) is 8.47. The molecule has 3 rings (SSSR count). The van der Waals surface area contributed by atoms with Crippen LogP contribution in [0.3, 0.4) is 0 Å². The van der Waals surface area contributed by atoms with Gasteiger partial charge in [-0.1, -0.05) is 29.4 Å². The molecule has 0 aliphatic rings. The topological polar surface area (TPSA) is 77.2 Å². The van der Waals surface area contributed by atoms with Crippen LogP contribution < -0.4 is 10.1 Å². The SMILES string of the molecule is COc1cccc(-c2noc(CCCC(=O)Nc3cccc(C)c3)n2)c1. The van der Waals surface area contributed by atoms with Gasteiger partial charge in [-0.25, -0.2) is 0 Å². The van der Waals surface area contributed by atoms with E-state index < -0.39 is 0 Å². The van der Waals surface area contributed by atoms with Gasteiger partial charge in [-0.3, -0.25) is 4.79 Å². The maximum Gasteiger partial charge on any atom is 0.226 e. The third kappa shape index (κ3) is 4.69. The molecule has 0 atom stereocenters. The van der Waals surface area contributed by atoms with Crippen molar-refractivity contribution in [3.05, 3.63) is 60.0 Å². The minimum Gasteiger partial charge on any atom is -0.497 e. The number of carbonyl (C=O) groups excluding carboxylic acids is 1. The molecule has 0 saturated carbocycles. The van der Waals surface area contributed by atoms with Crippen molar-refractivity contribution in [3.8, 4) is 17.1 Å². The summed E-state index contributed by atoms with van der Waals surface area (Å²) in [6.07, 6.45) is 1.58. The standard InChI is InChI=1S/C20H21N3O3/c1-14-6-3-8-16(12-14)21-18(24)10-5-11-19-22-20(23-26-19)15-7-4-9-17(13-15)25-2/h3-4,6-9,12-13H,5,10-11H2,1-2H3,(H,21,24). The van der Waals surface area contributed by atoms with Crippen LogP contribution in [0.2, 0.25) is 0 Å². The monoisotopic (exact) mass is 351 g/mol. The summed E-state index contributed by atoms with van der Waals surface area (Å²) in [6.45, 7) is 1.99. The molecule has 0 bridgehead atoms. The number of hydrogen-bond acceptors (Lipinski definition) is 5. The lowest BCUT2D eigenvalue weighted by Gasteiger charge is -2.05. The summed E-state index contributed by atoms with van der Waals surface area (Å²) >= 11 is 0. The number of carbonyl (C=O) groups is 1. The molecule has 0 radical (unpaired) electrons. The van der Waals surface area contributed by atoms with Gasteiger partial charge in [0.05, 0.1) is 7.11 Å². The van der Waals surface area contributed by atoms with E-state index >= 15 is 0 Å². The molecule has 6 heteroatoms. The Morgan fingerprint density at radius 2 is 2.04 bits per heavy atom. The third-order valence-electron chi connectivity index (χ3n) is 3.89. The van der Waals surface area contributed by atoms with Crippen molar-refractivity contribution in [2.24, 2.45) is 0 Å². The highest BCUT2D eigenvalue weighted by Crippen LogP contribution is 2.21. The minimum atomic E-state index is -0.0249. The Hall–Kier alpha value is -3.15. The molecule has 1 N–H and O–H groups in total. The predicted octanol–water partition coefficient (Wildman–Crippen LogP) is 4.02. The normalized spacial score (nSPS) is 10.5. The Morgan fingerprint density at radius 3 is 2.85 bits per heavy atom. The number of rotatable bonds is 7. The van der Waals surface area contributed by atoms with E-state index in [1.165, 1.54) is 0 Å². The molecule has 1 aromatic heterocycles. The van der Waals surface area contributed by atoms with Crippen molar-refractivity contribution in [1.82, 2.24) is 10.1 Å². The highest BCUT2D eigenvalue weighted by Gasteiger charge is 2.10. The van der Waals surface area contributed by atoms with Gasteiger partial charge < -0.3 is 14.6 Å². The summed E-state index contributed by atoms with van der Waals surface area (Å²) < 4.78 is 10.5. The first-order chi connectivity index (χ1) is 12.6. The first-order valence-corrected chi connectivity index (χ1v) is 8.47. The van der Waals surface area contributed by atoms with Crippen LogP contribution in [-0.2, 0) is 11.2 Å². The van der Waals surface area contributed by atoms with Crippen LogP contribution >= 0.6 is 0 Å². The van der Waals surface area contributed by atoms with Crippen molar-refractivity contribution in [2.45, 2.75) is 26.2 Å². The summed E-state index contributed by atoms with van der Waals surface area (Å²) in [4.78, 5) is 16.4. The zero-order valence-corrected chi connectivity index (χ0v) is 14.9. The van der Waals surface area contributed by atoms with Crippen LogP contribution in [0.25, 0.3) is 11.4 Å². The van der Waals surface area contributed by atoms with Gasteiger partial charge in [0.1, 0.15) is 5.75 Å². The number of amides is 1. The lowest BCUT2D eigenvalue weighted by molar-refractivity contribution is -0.116. The molecule has 0 aliphatic heterocycles. The summed E-state index contributed by atoms with van der Waals surface area (Å²) in [5.74, 6) is 1.75. The molecule has 6 nitrogen and oxygen atoms in total. The maximum absolute atomic E-state index is 12.0. The highest BCUT2D eigenvalue weighted by atomic mass is 16.5. The van der Waals surface area contributed by atoms with Gasteiger partial charge in [0, 0.05) is 24.1 Å². The first kappa shape index (κ1) is 17.7. The molecule has 26 heavy (non-hydrogen) atoms. The number of benzene rings is 2. The number of methoxy groups -OCH3 is 1. The average Bonchev–Trinajstić information content (AvgIpc) is 3.11. The van der Waals surface area contributed by atoms with Gasteiger partial charge in [0.25, 0.3) is 0 Å². The fourth-order valence-corrected chi connectivity index (χ4v) is 2.58. The lowest BCUT2D eigenvalue weighted by Crippen LogP contribution is -2.11. The van der Waals surface area contributed by atoms with E-state index in [0.29, 0.717) is 31.0 Å². The predicted molar refractivity (Wildman–Crippen MR) is 99.0 cm³/mol. The van der Waals surface area contributed by atoms with Gasteiger partial charge in [0.15, 0.2) is 0 Å². The number of anilines is 1. The second-order valence-electron chi connectivity index (χ2n) is 6.01. The van der Waals surface area contributed by atoms with E-state index in [1.54, 1.807) is 7.11 Å². The Labute approximate surface area is 152 Å². The summed E-state index contributed by atoms with van der Waals surface area (Å²) in [5.41, 5.74) is 2.75. The molecule has 1 amide bonds. The van der Waals surface area contributed by atoms with E-state index in [0.717, 1.165) is 22.6 Å². The molecule has 0 fully saturated rings. The minimum absolute atomic E-state index is 0.0249. The molecule has 134 valence electrons. The number of aromatic nitrogens is 2. The molecule has 2 aromatic carbocycles. The van der Waals surface area contributed by atoms with E-state index in [9.17, 15) is 4.79 Å². The third-order valence-corrected chi connectivity index (χ3v) is 3.89. The number of ether oxygens (including phenoxy) is 1. The second-order valence-corrected chi connectivity index (χ2v) is 6.01. The average molecular weight is 351 g/mol. The van der Waals surface area contributed by atoms with Gasteiger partial charge in [-0.15, -0.1) is 0 Å². The number of nitrogens with one attached hydrogen (secondary N) is 1. The Balaban J connectivity index is 1.51. The van der Waals surface area contributed by atoms with Gasteiger partial charge in [-0.05, 0) is 43.2 Å². The fourth-order valence-electron chi connectivity index (χ4n) is 2.58.